The Kier molecular flexibility index (Phi) is 47.6. The third-order valence-electron chi connectivity index (χ3n) is 2.16. The molecule has 0 saturated carbocycles. The minimum Gasteiger partial charge on any atom is -0.384 e. The highest BCUT2D eigenvalue weighted by Crippen LogP contribution is 1.95. The second-order valence-electron chi connectivity index (χ2n) is 5.77. The van der Waals surface area contributed by atoms with E-state index in [0.717, 1.165) is 25.7 Å². The van der Waals surface area contributed by atoms with E-state index in [4.69, 9.17) is 15.9 Å². The molecule has 0 aliphatic rings. The van der Waals surface area contributed by atoms with Gasteiger partial charge in [0.2, 0.25) is 0 Å². The predicted octanol–water partition coefficient (Wildman–Crippen LogP) is 3.99. The molecule has 182 valence electrons. The monoisotopic (exact) mass is 459 g/mol. The molecule has 0 aromatic carbocycles. The van der Waals surface area contributed by atoms with Crippen molar-refractivity contribution in [1.82, 2.24) is 0 Å². The first-order valence-electron chi connectivity index (χ1n) is 10.6. The maximum Gasteiger partial charge on any atom is 0.120 e. The summed E-state index contributed by atoms with van der Waals surface area (Å²) in [5, 5.41) is 17.2. The van der Waals surface area contributed by atoms with Gasteiger partial charge >= 0.3 is 0 Å². The first-order chi connectivity index (χ1) is 15.8. The molecule has 0 spiro atoms. The van der Waals surface area contributed by atoms with Crippen molar-refractivity contribution in [3.63, 3.8) is 0 Å². The number of aliphatic hydroxyl groups excluding tert-OH is 1. The van der Waals surface area contributed by atoms with Crippen LogP contribution in [0.1, 0.15) is 81.6 Å². The molecule has 0 amide bonds. The highest BCUT2D eigenvalue weighted by atomic mass is 16.3. The first kappa shape index (κ1) is 40.7. The van der Waals surface area contributed by atoms with E-state index in [9.17, 15) is 0 Å². The van der Waals surface area contributed by atoms with Crippen molar-refractivity contribution in [2.45, 2.75) is 87.2 Å². The van der Waals surface area contributed by atoms with Crippen molar-refractivity contribution in [3.05, 3.63) is 0 Å². The lowest BCUT2D eigenvalue weighted by Gasteiger charge is -2.04. The molecule has 0 saturated heterocycles. The van der Waals surface area contributed by atoms with Gasteiger partial charge in [0.05, 0.1) is 6.54 Å². The summed E-state index contributed by atoms with van der Waals surface area (Å²) in [4.78, 5) is 0. The third kappa shape index (κ3) is 70.4. The molecule has 0 heterocycles. The molecule has 0 aliphatic carbocycles. The van der Waals surface area contributed by atoms with Crippen LogP contribution in [-0.4, -0.2) is 29.0 Å². The van der Waals surface area contributed by atoms with Gasteiger partial charge in [-0.15, -0.1) is 0 Å². The minimum absolute atomic E-state index is 0. The highest BCUT2D eigenvalue weighted by molar-refractivity contribution is 5.29. The molecule has 0 atom stereocenters. The van der Waals surface area contributed by atoms with Crippen molar-refractivity contribution < 1.29 is 10.2 Å². The Morgan fingerprint density at radius 1 is 0.618 bits per heavy atom. The van der Waals surface area contributed by atoms with E-state index in [-0.39, 0.29) is 14.0 Å². The maximum atomic E-state index is 9.08. The molecule has 0 unspecified atom stereocenters. The number of nitrogens with two attached hydrogens (primary N) is 1. The predicted molar refractivity (Wildman–Crippen MR) is 148 cm³/mol. The Morgan fingerprint density at radius 2 is 0.971 bits per heavy atom. The van der Waals surface area contributed by atoms with Crippen LogP contribution >= 0.6 is 0 Å². The molecular formula is C31H41NO2. The molecule has 3 heteroatoms. The Balaban J connectivity index is -0.000000110. The summed E-state index contributed by atoms with van der Waals surface area (Å²) in [6, 6.07) is 0. The Hall–Kier alpha value is -3.64. The van der Waals surface area contributed by atoms with Crippen LogP contribution in [0.2, 0.25) is 0 Å². The van der Waals surface area contributed by atoms with Crippen LogP contribution in [0.15, 0.2) is 0 Å². The van der Waals surface area contributed by atoms with E-state index >= 15 is 0 Å². The molecule has 0 aromatic rings. The minimum atomic E-state index is -0.914. The SMILES string of the molecule is C.CC#CC#CCC.CCC#CC#CC(C)(C)O.CCC#CC#CCN.CCC#CC#CCO. The fourth-order valence-corrected chi connectivity index (χ4v) is 0.956. The summed E-state index contributed by atoms with van der Waals surface area (Å²) in [6.07, 6.45) is 3.38. The van der Waals surface area contributed by atoms with Crippen LogP contribution < -0.4 is 5.73 Å². The molecule has 0 aromatic heterocycles. The topological polar surface area (TPSA) is 66.5 Å². The van der Waals surface area contributed by atoms with E-state index < -0.39 is 5.60 Å². The van der Waals surface area contributed by atoms with Crippen molar-refractivity contribution >= 4 is 0 Å². The summed E-state index contributed by atoms with van der Waals surface area (Å²) >= 11 is 0. The van der Waals surface area contributed by atoms with Crippen molar-refractivity contribution in [2.24, 2.45) is 5.73 Å². The van der Waals surface area contributed by atoms with Gasteiger partial charge in [-0.2, -0.15) is 0 Å². The number of aliphatic hydroxyl groups is 2. The first-order valence-corrected chi connectivity index (χ1v) is 10.6. The van der Waals surface area contributed by atoms with Gasteiger partial charge in [-0.1, -0.05) is 82.5 Å². The average molecular weight is 460 g/mol. The van der Waals surface area contributed by atoms with Crippen LogP contribution in [0, 0.1) is 94.7 Å². The van der Waals surface area contributed by atoms with Gasteiger partial charge < -0.3 is 15.9 Å². The summed E-state index contributed by atoms with van der Waals surface area (Å²) in [6.45, 7) is 13.2. The molecule has 0 rings (SSSR count). The van der Waals surface area contributed by atoms with Gasteiger partial charge in [0.25, 0.3) is 0 Å². The summed E-state index contributed by atoms with van der Waals surface area (Å²) in [5.74, 6) is 42.3. The van der Waals surface area contributed by atoms with E-state index in [2.05, 4.69) is 94.7 Å². The average Bonchev–Trinajstić information content (AvgIpc) is 2.79. The maximum absolute atomic E-state index is 9.08. The third-order valence-corrected chi connectivity index (χ3v) is 2.16. The molecule has 3 nitrogen and oxygen atoms in total. The Labute approximate surface area is 211 Å². The number of rotatable bonds is 0. The van der Waals surface area contributed by atoms with E-state index in [1.165, 1.54) is 0 Å². The molecule has 0 radical (unpaired) electrons. The van der Waals surface area contributed by atoms with Crippen LogP contribution in [0.25, 0.3) is 0 Å². The lowest BCUT2D eigenvalue weighted by Crippen LogP contribution is -2.14. The van der Waals surface area contributed by atoms with Crippen LogP contribution in [-0.2, 0) is 0 Å². The normalized spacial score (nSPS) is 6.29. The fraction of sp³-hybridized carbons (Fsp3) is 0.484. The summed E-state index contributed by atoms with van der Waals surface area (Å²) in [5.41, 5.74) is 4.16. The lowest BCUT2D eigenvalue weighted by molar-refractivity contribution is 0.143. The molecular weight excluding hydrogens is 418 g/mol. The zero-order chi connectivity index (χ0) is 26.1. The quantitative estimate of drug-likeness (QED) is 0.480. The lowest BCUT2D eigenvalue weighted by atomic mass is 10.1. The van der Waals surface area contributed by atoms with Gasteiger partial charge in [-0.05, 0) is 68.1 Å². The molecule has 0 bridgehead atoms. The van der Waals surface area contributed by atoms with Crippen LogP contribution in [0.5, 0.6) is 0 Å². The van der Waals surface area contributed by atoms with Crippen molar-refractivity contribution in [1.29, 1.82) is 0 Å². The standard InChI is InChI=1S/C9H12O.C7H9N.C7H8O.C7H8.CH4/c1-4-5-6-7-8-9(2,3)10;2*1-2-3-4-5-6-7-8;1-3-5-7-6-4-2;/h10H,4H2,1-3H3;2,7-8H2,1H3;8H,2,7H2,1H3;3H2,1-2H3;1H4. The summed E-state index contributed by atoms with van der Waals surface area (Å²) in [7, 11) is 0. The Morgan fingerprint density at radius 3 is 1.29 bits per heavy atom. The van der Waals surface area contributed by atoms with E-state index in [0.29, 0.717) is 6.54 Å². The van der Waals surface area contributed by atoms with Gasteiger partial charge in [0.1, 0.15) is 12.2 Å². The van der Waals surface area contributed by atoms with E-state index in [1.54, 1.807) is 20.8 Å². The smallest absolute Gasteiger partial charge is 0.120 e. The largest absolute Gasteiger partial charge is 0.384 e. The summed E-state index contributed by atoms with van der Waals surface area (Å²) < 4.78 is 0. The van der Waals surface area contributed by atoms with Gasteiger partial charge in [-0.25, -0.2) is 0 Å². The van der Waals surface area contributed by atoms with Gasteiger partial charge in [0.15, 0.2) is 0 Å². The highest BCUT2D eigenvalue weighted by Gasteiger charge is 2.04. The number of hydrogen-bond donors (Lipinski definition) is 3. The fourth-order valence-electron chi connectivity index (χ4n) is 0.956. The van der Waals surface area contributed by atoms with Crippen molar-refractivity contribution in [2.75, 3.05) is 13.2 Å². The van der Waals surface area contributed by atoms with Gasteiger partial charge in [-0.3, -0.25) is 0 Å². The molecule has 0 fully saturated rings. The molecule has 34 heavy (non-hydrogen) atoms. The zero-order valence-electron chi connectivity index (χ0n) is 21.2. The molecule has 0 aliphatic heterocycles. The Bertz CT molecular complexity index is 888. The second-order valence-corrected chi connectivity index (χ2v) is 5.77. The number of hydrogen-bond acceptors (Lipinski definition) is 3. The molecule has 4 N–H and O–H groups in total. The zero-order valence-corrected chi connectivity index (χ0v) is 21.2. The van der Waals surface area contributed by atoms with Crippen LogP contribution in [0.4, 0.5) is 0 Å². The second kappa shape index (κ2) is 39.8. The van der Waals surface area contributed by atoms with E-state index in [1.807, 2.05) is 27.7 Å². The van der Waals surface area contributed by atoms with Crippen molar-refractivity contribution in [3.8, 4) is 94.7 Å². The van der Waals surface area contributed by atoms with Gasteiger partial charge in [0, 0.05) is 25.7 Å². The van der Waals surface area contributed by atoms with Crippen LogP contribution in [0.3, 0.4) is 0 Å².